The Morgan fingerprint density at radius 2 is 1.07 bits per heavy atom. The molecular formula is C59H37ClN2O4S2. The molecule has 3 aliphatic rings. The number of hydrogen-bond donors (Lipinski definition) is 0. The number of para-hydroxylation sites is 1. The minimum Gasteiger partial charge on any atom is -0.301 e. The van der Waals surface area contributed by atoms with Crippen molar-refractivity contribution in [3.8, 4) is 11.1 Å². The van der Waals surface area contributed by atoms with Crippen LogP contribution in [-0.4, -0.2) is 23.1 Å². The second kappa shape index (κ2) is 16.0. The highest BCUT2D eigenvalue weighted by atomic mass is 35.5. The summed E-state index contributed by atoms with van der Waals surface area (Å²) in [6, 6.07) is 57.9. The first kappa shape index (κ1) is 41.7. The monoisotopic (exact) mass is 936 g/mol. The van der Waals surface area contributed by atoms with Crippen LogP contribution in [0.2, 0.25) is 5.02 Å². The van der Waals surface area contributed by atoms with Crippen molar-refractivity contribution >= 4 is 113 Å². The molecule has 9 aromatic rings. The molecular weight excluding hydrogens is 900 g/mol. The molecule has 1 aliphatic heterocycles. The van der Waals surface area contributed by atoms with Crippen molar-refractivity contribution in [2.24, 2.45) is 0 Å². The smallest absolute Gasteiger partial charge is 0.197 e. The Balaban J connectivity index is 0.934. The van der Waals surface area contributed by atoms with Crippen molar-refractivity contribution in [3.05, 3.63) is 235 Å². The summed E-state index contributed by atoms with van der Waals surface area (Å²) in [4.78, 5) is 59.4. The van der Waals surface area contributed by atoms with Crippen LogP contribution in [0.5, 0.6) is 0 Å². The first-order valence-electron chi connectivity index (χ1n) is 22.2. The minimum absolute atomic E-state index is 0.173. The average Bonchev–Trinajstić information content (AvgIpc) is 4.14. The summed E-state index contributed by atoms with van der Waals surface area (Å²) in [7, 11) is 0. The molecule has 0 bridgehead atoms. The van der Waals surface area contributed by atoms with Crippen molar-refractivity contribution in [2.45, 2.75) is 19.3 Å². The third kappa shape index (κ3) is 6.66. The molecule has 6 nitrogen and oxygen atoms in total. The molecule has 2 aromatic heterocycles. The Bertz CT molecular complexity index is 3650. The summed E-state index contributed by atoms with van der Waals surface area (Å²) in [6.45, 7) is 4.55. The maximum Gasteiger partial charge on any atom is 0.197 e. The topological polar surface area (TPSA) is 74.8 Å². The molecule has 0 saturated heterocycles. The van der Waals surface area contributed by atoms with Gasteiger partial charge in [-0.1, -0.05) is 123 Å². The van der Waals surface area contributed by atoms with Crippen LogP contribution in [0.15, 0.2) is 187 Å². The van der Waals surface area contributed by atoms with E-state index in [4.69, 9.17) is 11.6 Å². The first-order chi connectivity index (χ1) is 33.0. The molecule has 0 N–H and O–H groups in total. The number of allylic oxidation sites excluding steroid dienone is 2. The number of thiophene rings is 2. The average molecular weight is 938 g/mol. The van der Waals surface area contributed by atoms with Gasteiger partial charge in [-0.25, -0.2) is 0 Å². The number of nitrogens with zero attached hydrogens (tertiary/aromatic N) is 2. The van der Waals surface area contributed by atoms with Gasteiger partial charge in [0.25, 0.3) is 0 Å². The number of rotatable bonds is 7. The van der Waals surface area contributed by atoms with Crippen LogP contribution in [0.3, 0.4) is 0 Å². The number of benzene rings is 7. The van der Waals surface area contributed by atoms with Gasteiger partial charge in [0.15, 0.2) is 23.1 Å². The van der Waals surface area contributed by atoms with Crippen LogP contribution in [0.4, 0.5) is 32.8 Å². The van der Waals surface area contributed by atoms with Gasteiger partial charge >= 0.3 is 0 Å². The van der Waals surface area contributed by atoms with Crippen LogP contribution in [0.1, 0.15) is 76.2 Å². The quantitative estimate of drug-likeness (QED) is 0.117. The van der Waals surface area contributed by atoms with Gasteiger partial charge in [0.2, 0.25) is 0 Å². The van der Waals surface area contributed by atoms with Crippen molar-refractivity contribution in [1.29, 1.82) is 0 Å². The second-order valence-corrected chi connectivity index (χ2v) is 20.2. The molecule has 0 fully saturated rings. The van der Waals surface area contributed by atoms with E-state index < -0.39 is 0 Å². The molecule has 0 saturated carbocycles. The molecule has 0 atom stereocenters. The highest BCUT2D eigenvalue weighted by molar-refractivity contribution is 7.17. The van der Waals surface area contributed by atoms with E-state index in [2.05, 4.69) is 109 Å². The number of carbonyl (C=O) groups excluding carboxylic acids is 4. The van der Waals surface area contributed by atoms with Gasteiger partial charge < -0.3 is 9.80 Å². The number of hydrogen-bond acceptors (Lipinski definition) is 8. The summed E-state index contributed by atoms with van der Waals surface area (Å²) in [6.07, 6.45) is 3.45. The molecule has 9 heteroatoms. The van der Waals surface area contributed by atoms with Crippen molar-refractivity contribution in [1.82, 2.24) is 0 Å². The second-order valence-electron chi connectivity index (χ2n) is 17.6. The molecule has 0 unspecified atom stereocenters. The zero-order chi connectivity index (χ0) is 46.4. The molecule has 326 valence electrons. The molecule has 0 spiro atoms. The van der Waals surface area contributed by atoms with Crippen LogP contribution in [0.25, 0.3) is 34.1 Å². The molecule has 3 heterocycles. The maximum atomic E-state index is 13.3. The summed E-state index contributed by atoms with van der Waals surface area (Å²) in [5.41, 5.74) is 10.3. The third-order valence-corrected chi connectivity index (χ3v) is 15.6. The lowest BCUT2D eigenvalue weighted by Gasteiger charge is -2.41. The number of anilines is 6. The van der Waals surface area contributed by atoms with E-state index in [0.29, 0.717) is 27.3 Å². The van der Waals surface area contributed by atoms with E-state index in [9.17, 15) is 19.2 Å². The van der Waals surface area contributed by atoms with Gasteiger partial charge in [0.1, 0.15) is 10.0 Å². The number of ketones is 4. The van der Waals surface area contributed by atoms with E-state index in [0.717, 1.165) is 70.0 Å². The van der Waals surface area contributed by atoms with Gasteiger partial charge in [-0.15, -0.1) is 22.7 Å². The van der Waals surface area contributed by atoms with Crippen LogP contribution >= 0.6 is 34.3 Å². The molecule has 7 aromatic carbocycles. The first-order valence-corrected chi connectivity index (χ1v) is 24.2. The van der Waals surface area contributed by atoms with Gasteiger partial charge in [-0.05, 0) is 119 Å². The Labute approximate surface area is 405 Å². The zero-order valence-corrected chi connectivity index (χ0v) is 39.0. The highest BCUT2D eigenvalue weighted by Gasteiger charge is 2.38. The molecule has 0 amide bonds. The SMILES string of the molecule is CC1(C)c2ccccc2N(c2ccc(C=C3C(=O)c4ccccc4C3=O)s2)c2ccc(-c3ccc4cccc(N(c5ccc(Cl)cc5)c5ccc(C=C6C(=O)c7ccccc7C6=O)s5)c4c3)cc21. The largest absolute Gasteiger partial charge is 0.301 e. The molecule has 2 aliphatic carbocycles. The number of halogens is 1. The van der Waals surface area contributed by atoms with Gasteiger partial charge in [0, 0.05) is 53.5 Å². The van der Waals surface area contributed by atoms with E-state index in [1.807, 2.05) is 42.5 Å². The van der Waals surface area contributed by atoms with Crippen molar-refractivity contribution in [3.63, 3.8) is 0 Å². The summed E-state index contributed by atoms with van der Waals surface area (Å²) in [5.74, 6) is -0.980. The molecule has 0 radical (unpaired) electrons. The Kier molecular flexibility index (Phi) is 9.78. The zero-order valence-electron chi connectivity index (χ0n) is 36.6. The fourth-order valence-corrected chi connectivity index (χ4v) is 12.0. The third-order valence-electron chi connectivity index (χ3n) is 13.3. The number of fused-ring (bicyclic) bond motifs is 5. The Morgan fingerprint density at radius 1 is 0.515 bits per heavy atom. The van der Waals surface area contributed by atoms with E-state index in [-0.39, 0.29) is 39.7 Å². The Morgan fingerprint density at radius 3 is 1.74 bits per heavy atom. The van der Waals surface area contributed by atoms with E-state index >= 15 is 0 Å². The van der Waals surface area contributed by atoms with Gasteiger partial charge in [0.05, 0.1) is 28.2 Å². The minimum atomic E-state index is -0.356. The maximum absolute atomic E-state index is 13.3. The highest BCUT2D eigenvalue weighted by Crippen LogP contribution is 2.54. The fraction of sp³-hybridized carbons (Fsp3) is 0.0508. The van der Waals surface area contributed by atoms with Crippen LogP contribution in [0, 0.1) is 0 Å². The van der Waals surface area contributed by atoms with Gasteiger partial charge in [-0.2, -0.15) is 0 Å². The van der Waals surface area contributed by atoms with Crippen LogP contribution < -0.4 is 9.80 Å². The predicted octanol–water partition coefficient (Wildman–Crippen LogP) is 15.8. The summed E-state index contributed by atoms with van der Waals surface area (Å²) in [5, 5.41) is 4.61. The predicted molar refractivity (Wildman–Crippen MR) is 278 cm³/mol. The normalized spacial score (nSPS) is 14.5. The van der Waals surface area contributed by atoms with E-state index in [1.54, 1.807) is 72.0 Å². The summed E-state index contributed by atoms with van der Waals surface area (Å²) < 4.78 is 0. The molecule has 68 heavy (non-hydrogen) atoms. The van der Waals surface area contributed by atoms with E-state index in [1.165, 1.54) is 16.9 Å². The van der Waals surface area contributed by atoms with Gasteiger partial charge in [-0.3, -0.25) is 19.2 Å². The fourth-order valence-electron chi connectivity index (χ4n) is 9.90. The number of Topliss-reactive ketones (excluding diaryl/α,β-unsaturated/α-hetero) is 4. The lowest BCUT2D eigenvalue weighted by Crippen LogP contribution is -2.30. The van der Waals surface area contributed by atoms with Crippen molar-refractivity contribution in [2.75, 3.05) is 9.80 Å². The lowest BCUT2D eigenvalue weighted by molar-refractivity contribution is 0.0975. The van der Waals surface area contributed by atoms with Crippen molar-refractivity contribution < 1.29 is 19.2 Å². The van der Waals surface area contributed by atoms with Crippen LogP contribution in [-0.2, 0) is 5.41 Å². The Hall–Kier alpha value is -7.75. The summed E-state index contributed by atoms with van der Waals surface area (Å²) >= 11 is 9.49. The standard InChI is InChI=1S/C59H37ClN2O4S2/c1-59(2)48-15-7-8-16-51(48)62(54-29-26-40(68-54)33-47-57(65)43-13-5-6-14-44(43)58(47)66)52-27-20-36(31-49(52)59)35-19-18-34-10-9-17-50(45(34)30-35)61(38-23-21-37(60)22-24-38)53-28-25-39(67-53)32-46-55(63)41-11-3-4-12-42(41)56(46)64/h3-33H,1-2H3. The molecule has 12 rings (SSSR count). The number of carbonyl (C=O) groups is 4. The lowest BCUT2D eigenvalue weighted by atomic mass is 9.73.